The van der Waals surface area contributed by atoms with Crippen molar-refractivity contribution < 1.29 is 13.6 Å². The van der Waals surface area contributed by atoms with Gasteiger partial charge in [-0.1, -0.05) is 88.3 Å². The van der Waals surface area contributed by atoms with E-state index in [-0.39, 0.29) is 34.9 Å². The second-order valence-electron chi connectivity index (χ2n) is 15.6. The highest BCUT2D eigenvalue weighted by atomic mass is 28.4. The molecule has 2 bridgehead atoms. The van der Waals surface area contributed by atoms with Gasteiger partial charge in [0.1, 0.15) is 5.78 Å². The number of rotatable bonds is 10. The van der Waals surface area contributed by atoms with E-state index in [0.29, 0.717) is 28.7 Å². The summed E-state index contributed by atoms with van der Waals surface area (Å²) in [5.74, 6) is 1.54. The normalized spacial score (nSPS) is 36.0. The number of Topliss-reactive ketones (excluding diaryl/α,β-unsaturated/α-hetero) is 1. The highest BCUT2D eigenvalue weighted by Gasteiger charge is 2.68. The van der Waals surface area contributed by atoms with Gasteiger partial charge in [0.15, 0.2) is 16.6 Å². The van der Waals surface area contributed by atoms with Crippen molar-refractivity contribution >= 4 is 22.4 Å². The van der Waals surface area contributed by atoms with Crippen LogP contribution in [0.5, 0.6) is 0 Å². The number of allylic oxidation sites excluding steroid dienone is 1. The number of hydrogen-bond acceptors (Lipinski definition) is 3. The topological polar surface area (TPSA) is 35.5 Å². The summed E-state index contributed by atoms with van der Waals surface area (Å²) < 4.78 is 14.6. The number of carbonyl (C=O) groups is 1. The maximum Gasteiger partial charge on any atom is 0.195 e. The van der Waals surface area contributed by atoms with Crippen LogP contribution >= 0.6 is 0 Å². The van der Waals surface area contributed by atoms with Crippen LogP contribution in [0.15, 0.2) is 23.3 Å². The van der Waals surface area contributed by atoms with Crippen molar-refractivity contribution in [1.29, 1.82) is 0 Å². The van der Waals surface area contributed by atoms with E-state index in [9.17, 15) is 4.79 Å². The molecule has 40 heavy (non-hydrogen) atoms. The van der Waals surface area contributed by atoms with Gasteiger partial charge < -0.3 is 8.85 Å². The zero-order valence-electron chi connectivity index (χ0n) is 28.2. The molecule has 0 aromatic heterocycles. The Labute approximate surface area is 249 Å². The van der Waals surface area contributed by atoms with Crippen molar-refractivity contribution in [2.24, 2.45) is 34.5 Å². The molecule has 0 N–H and O–H groups in total. The zero-order valence-corrected chi connectivity index (χ0v) is 30.2. The van der Waals surface area contributed by atoms with Crippen LogP contribution in [-0.4, -0.2) is 34.6 Å². The second-order valence-corrected chi connectivity index (χ2v) is 25.5. The van der Waals surface area contributed by atoms with Gasteiger partial charge >= 0.3 is 0 Å². The van der Waals surface area contributed by atoms with Crippen LogP contribution in [0.3, 0.4) is 0 Å². The molecule has 5 heteroatoms. The lowest BCUT2D eigenvalue weighted by molar-refractivity contribution is -0.113. The van der Waals surface area contributed by atoms with E-state index in [1.165, 1.54) is 16.7 Å². The molecule has 228 valence electrons. The van der Waals surface area contributed by atoms with Crippen molar-refractivity contribution in [1.82, 2.24) is 0 Å². The van der Waals surface area contributed by atoms with Crippen molar-refractivity contribution in [3.05, 3.63) is 23.3 Å². The Hall–Kier alpha value is -0.496. The van der Waals surface area contributed by atoms with Crippen molar-refractivity contribution in [2.45, 2.75) is 156 Å². The summed E-state index contributed by atoms with van der Waals surface area (Å²) in [6.07, 6.45) is 4.60. The van der Waals surface area contributed by atoms with Gasteiger partial charge in [0.2, 0.25) is 0 Å². The first-order valence-corrected chi connectivity index (χ1v) is 21.7. The Morgan fingerprint density at radius 3 is 1.85 bits per heavy atom. The third kappa shape index (κ3) is 4.85. The molecule has 0 spiro atoms. The largest absolute Gasteiger partial charge is 0.410 e. The number of ketones is 1. The van der Waals surface area contributed by atoms with E-state index in [4.69, 9.17) is 15.4 Å². The molecule has 4 aliphatic rings. The molecule has 4 rings (SSSR count). The zero-order chi connectivity index (χ0) is 30.0. The monoisotopic (exact) mass is 586 g/mol. The van der Waals surface area contributed by atoms with Gasteiger partial charge in [-0.25, -0.2) is 0 Å². The van der Waals surface area contributed by atoms with E-state index < -0.39 is 16.6 Å². The SMILES string of the molecule is C=C1[C@@H](O[Si](CC)(CC)C(C)C)CC[C@]2(C)[C@@H]1C[C@@H]1C[C@H](O[Si](CC)(CC)C(C)C)C(C)=C([C@H]3C(=O)[C@@H]32)C1(C)C. The maximum absolute atomic E-state index is 13.9. The maximum atomic E-state index is 13.9. The molecule has 3 nitrogen and oxygen atoms in total. The quantitative estimate of drug-likeness (QED) is 0.189. The summed E-state index contributed by atoms with van der Waals surface area (Å²) in [7, 11) is -3.71. The fourth-order valence-electron chi connectivity index (χ4n) is 10.0. The molecule has 3 fully saturated rings. The molecule has 0 aromatic carbocycles. The van der Waals surface area contributed by atoms with Gasteiger partial charge in [-0.2, -0.15) is 0 Å². The van der Waals surface area contributed by atoms with Crippen molar-refractivity contribution in [3.8, 4) is 0 Å². The molecule has 0 aromatic rings. The molecular formula is C35H62O3Si2. The fraction of sp³-hybridized carbons (Fsp3) is 0.857. The lowest BCUT2D eigenvalue weighted by Gasteiger charge is -2.55. The number of fused-ring (bicyclic) bond motifs is 6. The third-order valence-corrected chi connectivity index (χ3v) is 23.9. The molecule has 3 saturated carbocycles. The molecule has 0 unspecified atom stereocenters. The van der Waals surface area contributed by atoms with Gasteiger partial charge in [-0.05, 0) is 102 Å². The van der Waals surface area contributed by atoms with Gasteiger partial charge in [0.05, 0.1) is 18.1 Å². The molecule has 0 amide bonds. The molecule has 4 aliphatic carbocycles. The first-order chi connectivity index (χ1) is 18.6. The average molecular weight is 587 g/mol. The molecular weight excluding hydrogens is 525 g/mol. The summed E-state index contributed by atoms with van der Waals surface area (Å²) >= 11 is 0. The predicted molar refractivity (Wildman–Crippen MR) is 175 cm³/mol. The highest BCUT2D eigenvalue weighted by Crippen LogP contribution is 2.69. The smallest absolute Gasteiger partial charge is 0.195 e. The minimum atomic E-state index is -1.87. The number of carbonyl (C=O) groups excluding carboxylic acids is 1. The van der Waals surface area contributed by atoms with Crippen molar-refractivity contribution in [3.63, 3.8) is 0 Å². The Bertz CT molecular complexity index is 1020. The van der Waals surface area contributed by atoms with E-state index in [0.717, 1.165) is 49.9 Å². The van der Waals surface area contributed by atoms with Crippen LogP contribution in [0, 0.1) is 34.5 Å². The Morgan fingerprint density at radius 1 is 0.875 bits per heavy atom. The first-order valence-electron chi connectivity index (χ1n) is 16.9. The van der Waals surface area contributed by atoms with Crippen LogP contribution in [0.1, 0.15) is 109 Å². The minimum absolute atomic E-state index is 0.00355. The van der Waals surface area contributed by atoms with E-state index in [1.807, 2.05) is 0 Å². The van der Waals surface area contributed by atoms with Gasteiger partial charge in [-0.15, -0.1) is 0 Å². The van der Waals surface area contributed by atoms with E-state index in [2.05, 4.69) is 83.1 Å². The average Bonchev–Trinajstić information content (AvgIpc) is 3.56. The second kappa shape index (κ2) is 11.2. The molecule has 7 atom stereocenters. The van der Waals surface area contributed by atoms with E-state index >= 15 is 0 Å². The Balaban J connectivity index is 1.74. The number of hydrogen-bond donors (Lipinski definition) is 0. The Morgan fingerprint density at radius 2 is 1.38 bits per heavy atom. The fourth-order valence-corrected chi connectivity index (χ4v) is 17.2. The highest BCUT2D eigenvalue weighted by molar-refractivity contribution is 6.75. The van der Waals surface area contributed by atoms with Gasteiger partial charge in [0, 0.05) is 5.92 Å². The van der Waals surface area contributed by atoms with Crippen molar-refractivity contribution in [2.75, 3.05) is 0 Å². The summed E-state index contributed by atoms with van der Waals surface area (Å²) in [6.45, 7) is 33.3. The van der Waals surface area contributed by atoms with Gasteiger partial charge in [-0.3, -0.25) is 4.79 Å². The van der Waals surface area contributed by atoms with Crippen LogP contribution in [0.25, 0.3) is 0 Å². The molecule has 0 radical (unpaired) electrons. The molecule has 0 saturated heterocycles. The van der Waals surface area contributed by atoms with Crippen LogP contribution in [0.4, 0.5) is 0 Å². The Kier molecular flexibility index (Phi) is 9.09. The summed E-state index contributed by atoms with van der Waals surface area (Å²) in [4.78, 5) is 13.9. The summed E-state index contributed by atoms with van der Waals surface area (Å²) in [5, 5.41) is 0. The standard InChI is InChI=1S/C35H62O3Si2/c1-14-39(15-2,22(5)6)37-28-18-19-35(13)27(24(28)9)20-26-21-29(38-40(16-3,17-4)23(7)8)25(10)31(34(26,11)12)30-32(35)33(30)36/h22-23,26-30,32H,9,14-21H2,1-8,10-13H3/t26-,27-,28+,29+,30-,32-,35-/m1/s1. The summed E-state index contributed by atoms with van der Waals surface area (Å²) in [5.41, 5.74) is 5.37. The van der Waals surface area contributed by atoms with Crippen LogP contribution < -0.4 is 0 Å². The van der Waals surface area contributed by atoms with Gasteiger partial charge in [0.25, 0.3) is 0 Å². The predicted octanol–water partition coefficient (Wildman–Crippen LogP) is 10.1. The molecule has 0 heterocycles. The third-order valence-electron chi connectivity index (χ3n) is 13.4. The molecule has 0 aliphatic heterocycles. The first kappa shape index (κ1) is 32.4. The summed E-state index contributed by atoms with van der Waals surface area (Å²) in [6, 6.07) is 4.64. The lowest BCUT2D eigenvalue weighted by atomic mass is 9.52. The van der Waals surface area contributed by atoms with Crippen LogP contribution in [-0.2, 0) is 13.6 Å². The van der Waals surface area contributed by atoms with Crippen LogP contribution in [0.2, 0.25) is 35.3 Å². The lowest BCUT2D eigenvalue weighted by Crippen LogP contribution is -2.52. The minimum Gasteiger partial charge on any atom is -0.410 e. The van der Waals surface area contributed by atoms with E-state index in [1.54, 1.807) is 0 Å².